The lowest BCUT2D eigenvalue weighted by atomic mass is 9.56. The first kappa shape index (κ1) is 8.66. The van der Waals surface area contributed by atoms with Crippen LogP contribution >= 0.6 is 0 Å². The zero-order chi connectivity index (χ0) is 9.71. The van der Waals surface area contributed by atoms with Gasteiger partial charge in [-0.3, -0.25) is 4.79 Å². The summed E-state index contributed by atoms with van der Waals surface area (Å²) >= 11 is 0. The smallest absolute Gasteiger partial charge is 0.137 e. The molecule has 0 spiro atoms. The maximum absolute atomic E-state index is 11.8. The first-order valence-corrected chi connectivity index (χ1v) is 5.66. The second kappa shape index (κ2) is 2.93. The van der Waals surface area contributed by atoms with E-state index in [2.05, 4.69) is 12.2 Å². The van der Waals surface area contributed by atoms with Crippen molar-refractivity contribution in [2.24, 2.45) is 23.7 Å². The lowest BCUT2D eigenvalue weighted by molar-refractivity contribution is -0.138. The Kier molecular flexibility index (Phi) is 1.81. The van der Waals surface area contributed by atoms with E-state index in [-0.39, 0.29) is 17.9 Å². The van der Waals surface area contributed by atoms with Crippen molar-refractivity contribution in [3.8, 4) is 0 Å². The minimum Gasteiger partial charge on any atom is -0.393 e. The lowest BCUT2D eigenvalue weighted by Crippen LogP contribution is -2.49. The Bertz CT molecular complexity index is 295. The monoisotopic (exact) mass is 192 g/mol. The molecule has 2 fully saturated rings. The van der Waals surface area contributed by atoms with E-state index < -0.39 is 0 Å². The maximum Gasteiger partial charge on any atom is 0.137 e. The molecule has 2 heteroatoms. The normalized spacial score (nSPS) is 50.6. The highest BCUT2D eigenvalue weighted by molar-refractivity contribution is 5.83. The molecule has 4 rings (SSSR count). The van der Waals surface area contributed by atoms with Gasteiger partial charge in [-0.2, -0.15) is 0 Å². The number of aliphatic hydroxyl groups is 1. The Labute approximate surface area is 84.0 Å². The van der Waals surface area contributed by atoms with Crippen molar-refractivity contribution in [2.75, 3.05) is 0 Å². The van der Waals surface area contributed by atoms with Crippen LogP contribution in [0.4, 0.5) is 0 Å². The Morgan fingerprint density at radius 3 is 2.50 bits per heavy atom. The number of carbonyl (C=O) groups is 1. The summed E-state index contributed by atoms with van der Waals surface area (Å²) in [6.07, 6.45) is 7.84. The van der Waals surface area contributed by atoms with E-state index in [1.54, 1.807) is 0 Å². The van der Waals surface area contributed by atoms with E-state index in [0.29, 0.717) is 30.5 Å². The number of hydrogen-bond donors (Lipinski definition) is 1. The van der Waals surface area contributed by atoms with E-state index >= 15 is 0 Å². The largest absolute Gasteiger partial charge is 0.393 e. The molecule has 2 saturated carbocycles. The molecule has 14 heavy (non-hydrogen) atoms. The zero-order valence-corrected chi connectivity index (χ0v) is 8.23. The second-order valence-corrected chi connectivity index (χ2v) is 4.97. The first-order chi connectivity index (χ1) is 6.77. The van der Waals surface area contributed by atoms with Gasteiger partial charge in [0.15, 0.2) is 0 Å². The molecule has 0 aromatic carbocycles. The van der Waals surface area contributed by atoms with Crippen LogP contribution in [0.5, 0.6) is 0 Å². The van der Waals surface area contributed by atoms with Crippen LogP contribution in [0, 0.1) is 23.7 Å². The van der Waals surface area contributed by atoms with E-state index in [1.165, 1.54) is 6.42 Å². The fourth-order valence-corrected chi connectivity index (χ4v) is 3.66. The SMILES string of the molecule is O=C1CCC(O)C2C3C=CC(CC3)C12. The van der Waals surface area contributed by atoms with Crippen LogP contribution in [0.3, 0.4) is 0 Å². The summed E-state index contributed by atoms with van der Waals surface area (Å²) in [6.45, 7) is 0. The molecular weight excluding hydrogens is 176 g/mol. The van der Waals surface area contributed by atoms with Crippen LogP contribution < -0.4 is 0 Å². The van der Waals surface area contributed by atoms with Gasteiger partial charge in [0.2, 0.25) is 0 Å². The van der Waals surface area contributed by atoms with Crippen molar-refractivity contribution in [2.45, 2.75) is 31.8 Å². The van der Waals surface area contributed by atoms with Gasteiger partial charge in [-0.05, 0) is 31.1 Å². The number of carbonyl (C=O) groups excluding carboxylic acids is 1. The molecule has 1 N–H and O–H groups in total. The third-order valence-corrected chi connectivity index (χ3v) is 4.31. The molecule has 4 aliphatic rings. The summed E-state index contributed by atoms with van der Waals surface area (Å²) in [5.74, 6) is 1.72. The van der Waals surface area contributed by atoms with Gasteiger partial charge >= 0.3 is 0 Å². The molecular formula is C12H16O2. The van der Waals surface area contributed by atoms with Gasteiger partial charge in [-0.25, -0.2) is 0 Å². The Balaban J connectivity index is 1.98. The standard InChI is InChI=1S/C12H16O2/c13-9-5-6-10(14)12-8-2-1-7(3-4-8)11(9)12/h1-2,7-9,11-13H,3-6H2. The van der Waals surface area contributed by atoms with E-state index in [1.807, 2.05) is 0 Å². The molecule has 0 heterocycles. The molecule has 5 atom stereocenters. The number of fused-ring (bicyclic) bond motifs is 1. The molecule has 0 aromatic rings. The fraction of sp³-hybridized carbons (Fsp3) is 0.750. The van der Waals surface area contributed by atoms with Gasteiger partial charge in [0.05, 0.1) is 6.10 Å². The molecule has 2 bridgehead atoms. The maximum atomic E-state index is 11.8. The quantitative estimate of drug-likeness (QED) is 0.591. The summed E-state index contributed by atoms with van der Waals surface area (Å²) in [7, 11) is 0. The average molecular weight is 192 g/mol. The number of allylic oxidation sites excluding steroid dienone is 2. The summed E-state index contributed by atoms with van der Waals surface area (Å²) in [5, 5.41) is 9.96. The van der Waals surface area contributed by atoms with E-state index in [0.717, 1.165) is 6.42 Å². The topological polar surface area (TPSA) is 37.3 Å². The van der Waals surface area contributed by atoms with Gasteiger partial charge in [-0.15, -0.1) is 0 Å². The van der Waals surface area contributed by atoms with Crippen molar-refractivity contribution in [3.63, 3.8) is 0 Å². The fourth-order valence-electron chi connectivity index (χ4n) is 3.66. The van der Waals surface area contributed by atoms with Gasteiger partial charge < -0.3 is 5.11 Å². The van der Waals surface area contributed by atoms with Gasteiger partial charge in [0, 0.05) is 18.3 Å². The Morgan fingerprint density at radius 1 is 1.14 bits per heavy atom. The van der Waals surface area contributed by atoms with Crippen molar-refractivity contribution in [3.05, 3.63) is 12.2 Å². The number of aliphatic hydroxyl groups excluding tert-OH is 1. The minimum atomic E-state index is -0.226. The molecule has 0 radical (unpaired) electrons. The number of hydrogen-bond acceptors (Lipinski definition) is 2. The summed E-state index contributed by atoms with van der Waals surface area (Å²) in [5.41, 5.74) is 0. The van der Waals surface area contributed by atoms with Gasteiger partial charge in [0.1, 0.15) is 5.78 Å². The third kappa shape index (κ3) is 1.04. The van der Waals surface area contributed by atoms with Crippen LogP contribution in [0.1, 0.15) is 25.7 Å². The van der Waals surface area contributed by atoms with Crippen LogP contribution in [-0.2, 0) is 4.79 Å². The van der Waals surface area contributed by atoms with Crippen LogP contribution in [0.25, 0.3) is 0 Å². The van der Waals surface area contributed by atoms with Crippen LogP contribution in [0.2, 0.25) is 0 Å². The molecule has 4 aliphatic carbocycles. The van der Waals surface area contributed by atoms with E-state index in [9.17, 15) is 9.90 Å². The Morgan fingerprint density at radius 2 is 1.86 bits per heavy atom. The lowest BCUT2D eigenvalue weighted by Gasteiger charge is -2.48. The summed E-state index contributed by atoms with van der Waals surface area (Å²) in [6, 6.07) is 0. The third-order valence-electron chi connectivity index (χ3n) is 4.31. The van der Waals surface area contributed by atoms with Gasteiger partial charge in [-0.1, -0.05) is 12.2 Å². The average Bonchev–Trinajstić information content (AvgIpc) is 2.25. The number of ketones is 1. The van der Waals surface area contributed by atoms with E-state index in [4.69, 9.17) is 0 Å². The molecule has 0 aromatic heterocycles. The van der Waals surface area contributed by atoms with Crippen LogP contribution in [0.15, 0.2) is 12.2 Å². The van der Waals surface area contributed by atoms with Crippen molar-refractivity contribution in [1.29, 1.82) is 0 Å². The molecule has 2 nitrogen and oxygen atoms in total. The Hall–Kier alpha value is -0.630. The summed E-state index contributed by atoms with van der Waals surface area (Å²) < 4.78 is 0. The highest BCUT2D eigenvalue weighted by atomic mass is 16.3. The predicted molar refractivity (Wildman–Crippen MR) is 52.6 cm³/mol. The number of Topliss-reactive ketones (excluding diaryl/α,β-unsaturated/α-hetero) is 1. The highest BCUT2D eigenvalue weighted by Crippen LogP contribution is 2.49. The van der Waals surface area contributed by atoms with Crippen molar-refractivity contribution in [1.82, 2.24) is 0 Å². The molecule has 5 unspecified atom stereocenters. The molecule has 76 valence electrons. The predicted octanol–water partition coefficient (Wildman–Crippen LogP) is 1.54. The van der Waals surface area contributed by atoms with Crippen LogP contribution in [-0.4, -0.2) is 17.0 Å². The summed E-state index contributed by atoms with van der Waals surface area (Å²) in [4.78, 5) is 11.8. The van der Waals surface area contributed by atoms with Crippen molar-refractivity contribution < 1.29 is 9.90 Å². The zero-order valence-electron chi connectivity index (χ0n) is 8.23. The number of rotatable bonds is 0. The molecule has 0 saturated heterocycles. The van der Waals surface area contributed by atoms with Gasteiger partial charge in [0.25, 0.3) is 0 Å². The molecule has 0 amide bonds. The van der Waals surface area contributed by atoms with Crippen molar-refractivity contribution >= 4 is 5.78 Å². The second-order valence-electron chi connectivity index (χ2n) is 4.97. The first-order valence-electron chi connectivity index (χ1n) is 5.66. The minimum absolute atomic E-state index is 0.155. The molecule has 0 aliphatic heterocycles. The highest BCUT2D eigenvalue weighted by Gasteiger charge is 2.49.